The van der Waals surface area contributed by atoms with E-state index in [0.29, 0.717) is 6.54 Å². The number of aromatic nitrogens is 1. The number of nitrogens with one attached hydrogen (secondary N) is 2. The highest BCUT2D eigenvalue weighted by atomic mass is 16.3. The Balaban J connectivity index is 2.63. The second-order valence-corrected chi connectivity index (χ2v) is 2.36. The molecule has 5 nitrogen and oxygen atoms in total. The Hall–Kier alpha value is -1.78. The normalized spacial score (nSPS) is 9.31. The maximum absolute atomic E-state index is 11.0. The summed E-state index contributed by atoms with van der Waals surface area (Å²) >= 11 is 0. The fraction of sp³-hybridized carbons (Fsp3) is 0.250. The van der Waals surface area contributed by atoms with E-state index >= 15 is 0 Å². The molecule has 3 N–H and O–H groups in total. The SMILES string of the molecule is CCNC(=O)Nc1ncccc1O. The average molecular weight is 181 g/mol. The second-order valence-electron chi connectivity index (χ2n) is 2.36. The van der Waals surface area contributed by atoms with E-state index in [1.807, 2.05) is 0 Å². The molecule has 0 aliphatic rings. The number of urea groups is 1. The van der Waals surface area contributed by atoms with Crippen LogP contribution in [0, 0.1) is 0 Å². The molecule has 1 aromatic rings. The molecule has 0 aromatic carbocycles. The highest BCUT2D eigenvalue weighted by Crippen LogP contribution is 2.17. The fourth-order valence-corrected chi connectivity index (χ4v) is 0.805. The van der Waals surface area contributed by atoms with Crippen LogP contribution in [0.5, 0.6) is 5.75 Å². The van der Waals surface area contributed by atoms with Gasteiger partial charge in [-0.2, -0.15) is 0 Å². The number of pyridine rings is 1. The van der Waals surface area contributed by atoms with Gasteiger partial charge in [-0.3, -0.25) is 5.32 Å². The summed E-state index contributed by atoms with van der Waals surface area (Å²) in [5.41, 5.74) is 0. The lowest BCUT2D eigenvalue weighted by Gasteiger charge is -2.05. The number of hydrogen-bond donors (Lipinski definition) is 3. The Morgan fingerprint density at radius 1 is 1.69 bits per heavy atom. The van der Waals surface area contributed by atoms with Gasteiger partial charge in [0.15, 0.2) is 11.6 Å². The highest BCUT2D eigenvalue weighted by Gasteiger charge is 2.04. The molecule has 0 aliphatic heterocycles. The Morgan fingerprint density at radius 3 is 3.08 bits per heavy atom. The van der Waals surface area contributed by atoms with Crippen molar-refractivity contribution in [3.63, 3.8) is 0 Å². The van der Waals surface area contributed by atoms with E-state index in [9.17, 15) is 9.90 Å². The molecule has 0 atom stereocenters. The first kappa shape index (κ1) is 9.31. The molecule has 13 heavy (non-hydrogen) atoms. The molecule has 1 aromatic heterocycles. The molecule has 5 heteroatoms. The smallest absolute Gasteiger partial charge is 0.320 e. The molecule has 0 bridgehead atoms. The summed E-state index contributed by atoms with van der Waals surface area (Å²) in [6, 6.07) is 2.66. The van der Waals surface area contributed by atoms with Crippen molar-refractivity contribution in [3.8, 4) is 5.75 Å². The number of rotatable bonds is 2. The van der Waals surface area contributed by atoms with Gasteiger partial charge in [-0.05, 0) is 19.1 Å². The van der Waals surface area contributed by atoms with Crippen molar-refractivity contribution in [2.24, 2.45) is 0 Å². The largest absolute Gasteiger partial charge is 0.504 e. The molecule has 0 aliphatic carbocycles. The van der Waals surface area contributed by atoms with Crippen molar-refractivity contribution in [2.75, 3.05) is 11.9 Å². The van der Waals surface area contributed by atoms with E-state index in [1.54, 1.807) is 13.0 Å². The summed E-state index contributed by atoms with van der Waals surface area (Å²) in [6.07, 6.45) is 1.49. The van der Waals surface area contributed by atoms with Crippen LogP contribution in [0.25, 0.3) is 0 Å². The van der Waals surface area contributed by atoms with Crippen molar-refractivity contribution in [1.82, 2.24) is 10.3 Å². The van der Waals surface area contributed by atoms with Crippen molar-refractivity contribution in [2.45, 2.75) is 6.92 Å². The third kappa shape index (κ3) is 2.62. The number of carbonyl (C=O) groups excluding carboxylic acids is 1. The van der Waals surface area contributed by atoms with Gasteiger partial charge in [-0.15, -0.1) is 0 Å². The Kier molecular flexibility index (Phi) is 3.08. The minimum absolute atomic E-state index is 0.0475. The standard InChI is InChI=1S/C8H11N3O2/c1-2-9-8(13)11-7-6(12)4-3-5-10-7/h3-5,12H,2H2,1H3,(H2,9,10,11,13). The monoisotopic (exact) mass is 181 g/mol. The summed E-state index contributed by atoms with van der Waals surface area (Å²) in [6.45, 7) is 2.33. The van der Waals surface area contributed by atoms with E-state index in [2.05, 4.69) is 15.6 Å². The first-order chi connectivity index (χ1) is 6.24. The number of nitrogens with zero attached hydrogens (tertiary/aromatic N) is 1. The van der Waals surface area contributed by atoms with Crippen molar-refractivity contribution >= 4 is 11.8 Å². The number of hydrogen-bond acceptors (Lipinski definition) is 3. The van der Waals surface area contributed by atoms with E-state index < -0.39 is 0 Å². The first-order valence-corrected chi connectivity index (χ1v) is 3.93. The molecular weight excluding hydrogens is 170 g/mol. The van der Waals surface area contributed by atoms with Crippen LogP contribution in [0.1, 0.15) is 6.92 Å². The summed E-state index contributed by atoms with van der Waals surface area (Å²) in [5.74, 6) is 0.113. The summed E-state index contributed by atoms with van der Waals surface area (Å²) < 4.78 is 0. The molecular formula is C8H11N3O2. The fourth-order valence-electron chi connectivity index (χ4n) is 0.805. The topological polar surface area (TPSA) is 74.2 Å². The zero-order valence-electron chi connectivity index (χ0n) is 7.24. The maximum atomic E-state index is 11.0. The molecule has 0 radical (unpaired) electrons. The number of anilines is 1. The van der Waals surface area contributed by atoms with Crippen LogP contribution in [0.15, 0.2) is 18.3 Å². The van der Waals surface area contributed by atoms with Crippen molar-refractivity contribution < 1.29 is 9.90 Å². The molecule has 0 fully saturated rings. The van der Waals surface area contributed by atoms with Gasteiger partial charge in [0.2, 0.25) is 0 Å². The Bertz CT molecular complexity index is 301. The number of carbonyl (C=O) groups is 1. The predicted octanol–water partition coefficient (Wildman–Crippen LogP) is 0.929. The highest BCUT2D eigenvalue weighted by molar-refractivity contribution is 5.89. The number of amides is 2. The molecule has 70 valence electrons. The van der Waals surface area contributed by atoms with Crippen molar-refractivity contribution in [3.05, 3.63) is 18.3 Å². The van der Waals surface area contributed by atoms with Crippen LogP contribution in [0.3, 0.4) is 0 Å². The van der Waals surface area contributed by atoms with Gasteiger partial charge in [0, 0.05) is 12.7 Å². The molecule has 0 saturated heterocycles. The molecule has 0 unspecified atom stereocenters. The summed E-state index contributed by atoms with van der Waals surface area (Å²) in [7, 11) is 0. The summed E-state index contributed by atoms with van der Waals surface area (Å²) in [5, 5.41) is 14.1. The van der Waals surface area contributed by atoms with E-state index in [4.69, 9.17) is 0 Å². The predicted molar refractivity (Wildman–Crippen MR) is 48.6 cm³/mol. The van der Waals surface area contributed by atoms with Crippen LogP contribution < -0.4 is 10.6 Å². The molecule has 0 spiro atoms. The lowest BCUT2D eigenvalue weighted by molar-refractivity contribution is 0.252. The van der Waals surface area contributed by atoms with E-state index in [1.165, 1.54) is 12.3 Å². The Morgan fingerprint density at radius 2 is 2.46 bits per heavy atom. The number of aromatic hydroxyl groups is 1. The Labute approximate surface area is 75.8 Å². The van der Waals surface area contributed by atoms with Gasteiger partial charge < -0.3 is 10.4 Å². The minimum atomic E-state index is -0.378. The molecule has 0 saturated carbocycles. The van der Waals surface area contributed by atoms with E-state index in [0.717, 1.165) is 0 Å². The van der Waals surface area contributed by atoms with E-state index in [-0.39, 0.29) is 17.6 Å². The molecule has 1 heterocycles. The zero-order chi connectivity index (χ0) is 9.68. The van der Waals surface area contributed by atoms with Gasteiger partial charge in [-0.25, -0.2) is 9.78 Å². The lowest BCUT2D eigenvalue weighted by atomic mass is 10.4. The van der Waals surface area contributed by atoms with Gasteiger partial charge in [0.25, 0.3) is 0 Å². The van der Waals surface area contributed by atoms with Gasteiger partial charge in [-0.1, -0.05) is 0 Å². The van der Waals surface area contributed by atoms with Gasteiger partial charge in [0.1, 0.15) is 0 Å². The lowest BCUT2D eigenvalue weighted by Crippen LogP contribution is -2.28. The third-order valence-electron chi connectivity index (χ3n) is 1.36. The van der Waals surface area contributed by atoms with Crippen LogP contribution >= 0.6 is 0 Å². The first-order valence-electron chi connectivity index (χ1n) is 3.93. The van der Waals surface area contributed by atoms with Crippen LogP contribution in [0.4, 0.5) is 10.6 Å². The summed E-state index contributed by atoms with van der Waals surface area (Å²) in [4.78, 5) is 14.8. The zero-order valence-corrected chi connectivity index (χ0v) is 7.24. The molecule has 1 rings (SSSR count). The van der Waals surface area contributed by atoms with Gasteiger partial charge >= 0.3 is 6.03 Å². The maximum Gasteiger partial charge on any atom is 0.320 e. The minimum Gasteiger partial charge on any atom is -0.504 e. The van der Waals surface area contributed by atoms with Crippen LogP contribution in [0.2, 0.25) is 0 Å². The third-order valence-corrected chi connectivity index (χ3v) is 1.36. The molecule has 2 amide bonds. The van der Waals surface area contributed by atoms with Gasteiger partial charge in [0.05, 0.1) is 0 Å². The average Bonchev–Trinajstić information content (AvgIpc) is 2.09. The quantitative estimate of drug-likeness (QED) is 0.635. The second kappa shape index (κ2) is 4.30. The van der Waals surface area contributed by atoms with Crippen LogP contribution in [-0.2, 0) is 0 Å². The van der Waals surface area contributed by atoms with Crippen molar-refractivity contribution in [1.29, 1.82) is 0 Å². The van der Waals surface area contributed by atoms with Crippen LogP contribution in [-0.4, -0.2) is 22.7 Å².